The second-order valence-electron chi connectivity index (χ2n) is 5.99. The molecule has 0 amide bonds. The van der Waals surface area contributed by atoms with Crippen LogP contribution in [0.3, 0.4) is 0 Å². The lowest BCUT2D eigenvalue weighted by Crippen LogP contribution is -2.32. The molecule has 2 heterocycles. The summed E-state index contributed by atoms with van der Waals surface area (Å²) in [5.74, 6) is -0.931. The Morgan fingerprint density at radius 3 is 2.70 bits per heavy atom. The summed E-state index contributed by atoms with van der Waals surface area (Å²) in [5.41, 5.74) is 7.52. The summed E-state index contributed by atoms with van der Waals surface area (Å²) in [6.45, 7) is 2.06. The lowest BCUT2D eigenvalue weighted by Gasteiger charge is -2.16. The van der Waals surface area contributed by atoms with Crippen LogP contribution < -0.4 is 5.73 Å². The summed E-state index contributed by atoms with van der Waals surface area (Å²) >= 11 is 0. The largest absolute Gasteiger partial charge is 0.340 e. The Bertz CT molecular complexity index is 834. The molecule has 0 radical (unpaired) electrons. The van der Waals surface area contributed by atoms with Crippen molar-refractivity contribution in [1.82, 2.24) is 13.9 Å². The number of hydrogen-bond donors (Lipinski definition) is 1. The van der Waals surface area contributed by atoms with Gasteiger partial charge in [0.05, 0.1) is 12.0 Å². The summed E-state index contributed by atoms with van der Waals surface area (Å²) in [4.78, 5) is 3.95. The van der Waals surface area contributed by atoms with Gasteiger partial charge in [0.1, 0.15) is 10.7 Å². The smallest absolute Gasteiger partial charge is 0.246 e. The number of imidazole rings is 1. The van der Waals surface area contributed by atoms with Crippen molar-refractivity contribution < 1.29 is 12.8 Å². The van der Waals surface area contributed by atoms with Crippen LogP contribution in [0, 0.1) is 12.7 Å². The average Bonchev–Trinajstić information content (AvgIpc) is 3.04. The molecular weight excluding hydrogens is 319 g/mol. The highest BCUT2D eigenvalue weighted by molar-refractivity contribution is 7.89. The summed E-state index contributed by atoms with van der Waals surface area (Å²) < 4.78 is 42.5. The first-order valence-corrected chi connectivity index (χ1v) is 8.73. The first-order valence-electron chi connectivity index (χ1n) is 7.29. The molecule has 124 valence electrons. The van der Waals surface area contributed by atoms with Gasteiger partial charge in [-0.1, -0.05) is 6.07 Å². The van der Waals surface area contributed by atoms with Crippen LogP contribution in [0.5, 0.6) is 0 Å². The molecule has 1 aliphatic heterocycles. The van der Waals surface area contributed by atoms with Gasteiger partial charge in [-0.15, -0.1) is 0 Å². The Morgan fingerprint density at radius 1 is 1.35 bits per heavy atom. The zero-order valence-electron chi connectivity index (χ0n) is 13.0. The number of aryl methyl sites for hydroxylation is 2. The highest BCUT2D eigenvalue weighted by Crippen LogP contribution is 2.30. The zero-order valence-corrected chi connectivity index (χ0v) is 13.8. The Labute approximate surface area is 134 Å². The fraction of sp³-hybridized carbons (Fsp3) is 0.400. The van der Waals surface area contributed by atoms with Gasteiger partial charge in [-0.05, 0) is 24.6 Å². The molecule has 0 spiro atoms. The van der Waals surface area contributed by atoms with Crippen LogP contribution in [0.25, 0.3) is 0 Å². The van der Waals surface area contributed by atoms with E-state index in [0.717, 1.165) is 5.69 Å². The van der Waals surface area contributed by atoms with E-state index in [1.807, 2.05) is 13.2 Å². The fourth-order valence-corrected chi connectivity index (χ4v) is 4.43. The maximum atomic E-state index is 14.1. The highest BCUT2D eigenvalue weighted by Gasteiger charge is 2.40. The number of halogens is 1. The molecule has 1 fully saturated rings. The van der Waals surface area contributed by atoms with Crippen LogP contribution in [0.1, 0.15) is 17.2 Å². The Balaban J connectivity index is 1.90. The van der Waals surface area contributed by atoms with E-state index in [9.17, 15) is 12.8 Å². The highest BCUT2D eigenvalue weighted by atomic mass is 32.2. The van der Waals surface area contributed by atoms with Gasteiger partial charge >= 0.3 is 0 Å². The van der Waals surface area contributed by atoms with Crippen molar-refractivity contribution in [1.29, 1.82) is 0 Å². The molecule has 8 heteroatoms. The lowest BCUT2D eigenvalue weighted by atomic mass is 10.0. The maximum absolute atomic E-state index is 14.1. The molecule has 1 aromatic heterocycles. The van der Waals surface area contributed by atoms with Crippen molar-refractivity contribution in [2.45, 2.75) is 23.8 Å². The van der Waals surface area contributed by atoms with E-state index in [4.69, 9.17) is 5.73 Å². The number of rotatable bonds is 3. The summed E-state index contributed by atoms with van der Waals surface area (Å²) in [5, 5.41) is 0. The molecule has 2 N–H and O–H groups in total. The molecule has 0 aliphatic carbocycles. The van der Waals surface area contributed by atoms with Crippen LogP contribution in [-0.2, 0) is 17.1 Å². The molecule has 6 nitrogen and oxygen atoms in total. The third-order valence-electron chi connectivity index (χ3n) is 4.14. The monoisotopic (exact) mass is 338 g/mol. The molecule has 2 atom stereocenters. The standard InChI is InChI=1S/C15H19FN4O2S/c1-10-3-4-15(12(16)5-10)23(21,22)20-6-11(13(17)7-20)14-8-19(2)9-18-14/h3-5,8-9,11,13H,6-7,17H2,1-2H3/t11-,13-/m1/s1. The van der Waals surface area contributed by atoms with E-state index in [1.54, 1.807) is 23.9 Å². The van der Waals surface area contributed by atoms with E-state index in [1.165, 1.54) is 16.4 Å². The minimum Gasteiger partial charge on any atom is -0.340 e. The van der Waals surface area contributed by atoms with E-state index in [0.29, 0.717) is 5.56 Å². The summed E-state index contributed by atoms with van der Waals surface area (Å²) in [6.07, 6.45) is 3.48. The second-order valence-corrected chi connectivity index (χ2v) is 7.90. The Morgan fingerprint density at radius 2 is 2.09 bits per heavy atom. The molecule has 0 bridgehead atoms. The van der Waals surface area contributed by atoms with Gasteiger partial charge in [0, 0.05) is 38.3 Å². The van der Waals surface area contributed by atoms with Crippen molar-refractivity contribution in [3.63, 3.8) is 0 Å². The fourth-order valence-electron chi connectivity index (χ4n) is 2.88. The molecule has 0 saturated carbocycles. The van der Waals surface area contributed by atoms with Gasteiger partial charge in [0.15, 0.2) is 0 Å². The molecular formula is C15H19FN4O2S. The topological polar surface area (TPSA) is 81.2 Å². The van der Waals surface area contributed by atoms with Crippen LogP contribution in [0.15, 0.2) is 35.6 Å². The normalized spacial score (nSPS) is 22.6. The van der Waals surface area contributed by atoms with Crippen LogP contribution in [0.4, 0.5) is 4.39 Å². The van der Waals surface area contributed by atoms with Gasteiger partial charge in [0.25, 0.3) is 0 Å². The van der Waals surface area contributed by atoms with Gasteiger partial charge in [-0.3, -0.25) is 0 Å². The van der Waals surface area contributed by atoms with Gasteiger partial charge in [-0.25, -0.2) is 17.8 Å². The third kappa shape index (κ3) is 2.89. The molecule has 1 saturated heterocycles. The number of nitrogens with two attached hydrogens (primary N) is 1. The zero-order chi connectivity index (χ0) is 16.8. The average molecular weight is 338 g/mol. The van der Waals surface area contributed by atoms with Crippen molar-refractivity contribution in [2.24, 2.45) is 12.8 Å². The van der Waals surface area contributed by atoms with E-state index in [2.05, 4.69) is 4.98 Å². The second kappa shape index (κ2) is 5.70. The van der Waals surface area contributed by atoms with Gasteiger partial charge < -0.3 is 10.3 Å². The molecule has 1 aliphatic rings. The Kier molecular flexibility index (Phi) is 3.99. The minimum absolute atomic E-state index is 0.150. The van der Waals surface area contributed by atoms with E-state index in [-0.39, 0.29) is 29.9 Å². The molecule has 0 unspecified atom stereocenters. The van der Waals surface area contributed by atoms with Gasteiger partial charge in [-0.2, -0.15) is 4.31 Å². The Hall–Kier alpha value is -1.77. The summed E-state index contributed by atoms with van der Waals surface area (Å²) in [7, 11) is -2.07. The molecule has 2 aromatic rings. The molecule has 23 heavy (non-hydrogen) atoms. The van der Waals surface area contributed by atoms with Crippen molar-refractivity contribution >= 4 is 10.0 Å². The lowest BCUT2D eigenvalue weighted by molar-refractivity contribution is 0.462. The van der Waals surface area contributed by atoms with Crippen LogP contribution in [0.2, 0.25) is 0 Å². The van der Waals surface area contributed by atoms with Crippen molar-refractivity contribution in [3.8, 4) is 0 Å². The first kappa shape index (κ1) is 16.1. The predicted molar refractivity (Wildman–Crippen MR) is 83.8 cm³/mol. The SMILES string of the molecule is Cc1ccc(S(=O)(=O)N2C[C@@H](N)[C@H](c3cn(C)cn3)C2)c(F)c1. The number of hydrogen-bond acceptors (Lipinski definition) is 4. The molecule has 1 aromatic carbocycles. The third-order valence-corrected chi connectivity index (χ3v) is 6.01. The van der Waals surface area contributed by atoms with Crippen LogP contribution >= 0.6 is 0 Å². The first-order chi connectivity index (χ1) is 10.8. The maximum Gasteiger partial charge on any atom is 0.246 e. The number of sulfonamides is 1. The van der Waals surface area contributed by atoms with E-state index >= 15 is 0 Å². The number of aromatic nitrogens is 2. The van der Waals surface area contributed by atoms with Gasteiger partial charge in [0.2, 0.25) is 10.0 Å². The summed E-state index contributed by atoms with van der Waals surface area (Å²) in [6, 6.07) is 3.74. The quantitative estimate of drug-likeness (QED) is 0.905. The number of nitrogens with zero attached hydrogens (tertiary/aromatic N) is 3. The molecule has 3 rings (SSSR count). The minimum atomic E-state index is -3.91. The predicted octanol–water partition coefficient (Wildman–Crippen LogP) is 0.983. The van der Waals surface area contributed by atoms with Crippen LogP contribution in [-0.4, -0.2) is 41.4 Å². The van der Waals surface area contributed by atoms with Crippen molar-refractivity contribution in [3.05, 3.63) is 47.8 Å². The van der Waals surface area contributed by atoms with E-state index < -0.39 is 15.8 Å². The number of benzene rings is 1. The van der Waals surface area contributed by atoms with Crippen molar-refractivity contribution in [2.75, 3.05) is 13.1 Å².